The summed E-state index contributed by atoms with van der Waals surface area (Å²) in [7, 11) is 0. The van der Waals surface area contributed by atoms with Gasteiger partial charge in [0, 0.05) is 38.8 Å². The SMILES string of the molecule is CCCCCCCCCCCC(=O)N[C@H](C(=O)N1C[C@H](O)C[C@H]1C1=N[C@@](C)(c2ccc(-c3scnc3C)cc2)C(=O)N1)C(C)(C)C.CCCCCCCCCCCC(=O)O.Cc1ncsc1-c1ccc([C@]2(C)N=C([C@@H]3C[C@@H](O)CN3C(=O)[C@@H](N)C(C)(C)C)NC2=O)cc1. The molecule has 0 radical (unpaired) electrons. The molecule has 19 nitrogen and oxygen atoms in total. The number of hydrogen-bond donors (Lipinski definition) is 7. The molecular weight excluding hydrogens is 1210 g/mol. The van der Waals surface area contributed by atoms with Crippen LogP contribution in [-0.4, -0.2) is 132 Å². The highest BCUT2D eigenvalue weighted by atomic mass is 32.1. The lowest BCUT2D eigenvalue weighted by atomic mass is 9.85. The minimum absolute atomic E-state index is 0.110. The average Bonchev–Trinajstić information content (AvgIpc) is 1.63. The van der Waals surface area contributed by atoms with Crippen molar-refractivity contribution in [1.29, 1.82) is 0 Å². The maximum Gasteiger partial charge on any atom is 0.303 e. The lowest BCUT2D eigenvalue weighted by Crippen LogP contribution is -2.57. The monoisotopic (exact) mass is 1320 g/mol. The highest BCUT2D eigenvalue weighted by Gasteiger charge is 2.50. The Balaban J connectivity index is 0.000000253. The minimum atomic E-state index is -1.17. The summed E-state index contributed by atoms with van der Waals surface area (Å²) in [6, 6.07) is 12.9. The van der Waals surface area contributed by atoms with E-state index in [9.17, 15) is 39.0 Å². The van der Waals surface area contributed by atoms with Gasteiger partial charge in [-0.15, -0.1) is 22.7 Å². The number of benzene rings is 2. The predicted molar refractivity (Wildman–Crippen MR) is 373 cm³/mol. The van der Waals surface area contributed by atoms with E-state index < -0.39 is 64.3 Å². The van der Waals surface area contributed by atoms with Crippen LogP contribution in [0.3, 0.4) is 0 Å². The molecule has 0 bridgehead atoms. The second-order valence-corrected chi connectivity index (χ2v) is 30.0. The van der Waals surface area contributed by atoms with Crippen LogP contribution >= 0.6 is 22.7 Å². The van der Waals surface area contributed by atoms with Crippen LogP contribution in [0.25, 0.3) is 20.9 Å². The molecule has 8 atom stereocenters. The number of likely N-dealkylation sites (tertiary alicyclic amines) is 2. The number of nitrogens with two attached hydrogens (primary N) is 1. The Labute approximate surface area is 561 Å². The zero-order valence-electron chi connectivity index (χ0n) is 57.6. The van der Waals surface area contributed by atoms with Crippen LogP contribution in [0.15, 0.2) is 69.5 Å². The molecule has 4 aliphatic heterocycles. The van der Waals surface area contributed by atoms with Crippen LogP contribution < -0.4 is 21.7 Å². The van der Waals surface area contributed by atoms with Crippen molar-refractivity contribution in [2.45, 2.75) is 272 Å². The first-order valence-electron chi connectivity index (χ1n) is 34.1. The Morgan fingerprint density at radius 1 is 0.591 bits per heavy atom. The number of carboxylic acids is 1. The van der Waals surface area contributed by atoms with E-state index >= 15 is 0 Å². The third kappa shape index (κ3) is 20.9. The van der Waals surface area contributed by atoms with E-state index in [2.05, 4.69) is 39.8 Å². The fourth-order valence-corrected chi connectivity index (χ4v) is 13.9. The van der Waals surface area contributed by atoms with Crippen LogP contribution in [0.2, 0.25) is 0 Å². The van der Waals surface area contributed by atoms with E-state index in [1.165, 1.54) is 83.5 Å². The quantitative estimate of drug-likeness (QED) is 0.0250. The number of thiazole rings is 2. The average molecular weight is 1320 g/mol. The van der Waals surface area contributed by atoms with Crippen LogP contribution in [0.1, 0.15) is 233 Å². The third-order valence-corrected chi connectivity index (χ3v) is 20.3. The van der Waals surface area contributed by atoms with Crippen molar-refractivity contribution in [3.8, 4) is 20.9 Å². The van der Waals surface area contributed by atoms with Crippen LogP contribution in [-0.2, 0) is 39.8 Å². The summed E-state index contributed by atoms with van der Waals surface area (Å²) in [5.41, 5.74) is 12.0. The lowest BCUT2D eigenvalue weighted by Gasteiger charge is -2.35. The van der Waals surface area contributed by atoms with Crippen molar-refractivity contribution < 1.29 is 44.1 Å². The van der Waals surface area contributed by atoms with E-state index in [0.717, 1.165) is 75.5 Å². The van der Waals surface area contributed by atoms with Crippen molar-refractivity contribution in [3.05, 3.63) is 82.1 Å². The molecule has 4 aliphatic rings. The molecule has 8 N–H and O–H groups in total. The number of β-amino-alcohol motifs (C(OH)–C–C–N with tert-alkyl or cyclic N) is 2. The molecule has 8 rings (SSSR count). The molecule has 2 saturated heterocycles. The van der Waals surface area contributed by atoms with Crippen molar-refractivity contribution in [2.24, 2.45) is 26.5 Å². The largest absolute Gasteiger partial charge is 0.481 e. The summed E-state index contributed by atoms with van der Waals surface area (Å²) in [4.78, 5) is 100. The zero-order valence-corrected chi connectivity index (χ0v) is 59.2. The second kappa shape index (κ2) is 34.9. The number of unbranched alkanes of at least 4 members (excludes halogenated alkanes) is 16. The molecule has 6 heterocycles. The summed E-state index contributed by atoms with van der Waals surface area (Å²) in [5.74, 6) is -1.09. The van der Waals surface area contributed by atoms with Gasteiger partial charge >= 0.3 is 5.97 Å². The predicted octanol–water partition coefficient (Wildman–Crippen LogP) is 12.5. The van der Waals surface area contributed by atoms with Crippen molar-refractivity contribution in [3.63, 3.8) is 0 Å². The van der Waals surface area contributed by atoms with E-state index in [4.69, 9.17) is 20.8 Å². The summed E-state index contributed by atoms with van der Waals surface area (Å²) < 4.78 is 0. The molecule has 93 heavy (non-hydrogen) atoms. The molecule has 2 aromatic carbocycles. The van der Waals surface area contributed by atoms with Crippen LogP contribution in [0.4, 0.5) is 0 Å². The Morgan fingerprint density at radius 3 is 1.30 bits per heavy atom. The molecule has 0 saturated carbocycles. The van der Waals surface area contributed by atoms with Gasteiger partial charge in [0.25, 0.3) is 11.8 Å². The number of aryl methyl sites for hydroxylation is 2. The third-order valence-electron chi connectivity index (χ3n) is 18.3. The summed E-state index contributed by atoms with van der Waals surface area (Å²) in [5, 5.41) is 38.2. The molecule has 512 valence electrons. The molecule has 2 fully saturated rings. The molecule has 2 aromatic heterocycles. The van der Waals surface area contributed by atoms with Gasteiger partial charge in [0.2, 0.25) is 17.7 Å². The molecular formula is C72H108N10O9S2. The van der Waals surface area contributed by atoms with Crippen molar-refractivity contribution in [1.82, 2.24) is 35.7 Å². The molecule has 0 unspecified atom stereocenters. The normalized spacial score (nSPS) is 21.8. The number of carboxylic acid groups (broad SMARTS) is 1. The number of aliphatic hydroxyl groups excluding tert-OH is 2. The number of nitrogens with zero attached hydrogens (tertiary/aromatic N) is 6. The first-order valence-corrected chi connectivity index (χ1v) is 35.9. The molecule has 21 heteroatoms. The number of nitrogens with one attached hydrogen (secondary N) is 3. The van der Waals surface area contributed by atoms with Gasteiger partial charge in [0.15, 0.2) is 11.1 Å². The molecule has 5 amide bonds. The number of hydrogen-bond acceptors (Lipinski definition) is 15. The molecule has 0 aliphatic carbocycles. The molecule has 4 aromatic rings. The van der Waals surface area contributed by atoms with E-state index in [1.54, 1.807) is 46.3 Å². The summed E-state index contributed by atoms with van der Waals surface area (Å²) in [6.07, 6.45) is 21.5. The smallest absolute Gasteiger partial charge is 0.303 e. The number of carbonyl (C=O) groups excluding carboxylic acids is 5. The van der Waals surface area contributed by atoms with Gasteiger partial charge in [-0.1, -0.05) is 207 Å². The fraction of sp³-hybridized carbons (Fsp3) is 0.639. The Hall–Kier alpha value is -6.26. The van der Waals surface area contributed by atoms with Gasteiger partial charge in [-0.05, 0) is 73.6 Å². The number of carbonyl (C=O) groups is 6. The van der Waals surface area contributed by atoms with E-state index in [0.29, 0.717) is 30.9 Å². The standard InChI is InChI=1S/C36H53N5O4S.C24H31N5O3S.C12H24O2/c1-7-8-9-10-11-12-13-14-15-16-29(43)38-31(35(3,4)5)33(44)41-22-27(42)21-28(41)32-39-34(45)36(6,40-32)26-19-17-25(18-20-26)30-24(2)37-23-46-30;1-13-18(33-12-26-13)14-6-8-15(9-7-14)24(5)22(32)27-20(28-24)17-10-16(30)11-29(17)21(31)19(25)23(2,3)4;1-2-3-4-5-6-7-8-9-10-11-12(13)14/h17-20,23,27-28,31,42H,7-16,21-22H2,1-6H3,(H,38,43)(H,39,40,45);6-9,12,16-17,19,30H,10-11,25H2,1-5H3,(H,27,28,32);2-11H2,1H3,(H,13,14)/t27-,28+,31-,36+;16-,17+,19-,24+;/m11./s1. The number of amides is 5. The van der Waals surface area contributed by atoms with E-state index in [-0.39, 0.29) is 49.0 Å². The van der Waals surface area contributed by atoms with Crippen molar-refractivity contribution in [2.75, 3.05) is 13.1 Å². The van der Waals surface area contributed by atoms with Gasteiger partial charge in [0.1, 0.15) is 17.7 Å². The summed E-state index contributed by atoms with van der Waals surface area (Å²) >= 11 is 3.15. The topological polar surface area (TPSA) is 282 Å². The first-order chi connectivity index (χ1) is 44.0. The first kappa shape index (κ1) is 75.8. The van der Waals surface area contributed by atoms with E-state index in [1.807, 2.05) is 115 Å². The van der Waals surface area contributed by atoms with Crippen molar-refractivity contribution >= 4 is 69.9 Å². The lowest BCUT2D eigenvalue weighted by molar-refractivity contribution is -0.139. The summed E-state index contributed by atoms with van der Waals surface area (Å²) in [6.45, 7) is 23.7. The Morgan fingerprint density at radius 2 is 0.957 bits per heavy atom. The van der Waals surface area contributed by atoms with Crippen LogP contribution in [0, 0.1) is 24.7 Å². The Kier molecular flexibility index (Phi) is 28.5. The number of aliphatic imine (C=N–C) groups is 2. The van der Waals surface area contributed by atoms with Crippen LogP contribution in [0.5, 0.6) is 0 Å². The number of aliphatic carboxylic acids is 1. The minimum Gasteiger partial charge on any atom is -0.481 e. The number of aliphatic hydroxyl groups is 2. The van der Waals surface area contributed by atoms with Gasteiger partial charge < -0.3 is 46.8 Å². The second-order valence-electron chi connectivity index (χ2n) is 28.3. The Bertz CT molecular complexity index is 3170. The fourth-order valence-electron chi connectivity index (χ4n) is 12.3. The number of rotatable bonds is 29. The highest BCUT2D eigenvalue weighted by Crippen LogP contribution is 2.38. The van der Waals surface area contributed by atoms with Gasteiger partial charge in [-0.2, -0.15) is 0 Å². The molecule has 0 spiro atoms. The number of amidine groups is 2. The highest BCUT2D eigenvalue weighted by molar-refractivity contribution is 7.13. The maximum absolute atomic E-state index is 14.1. The zero-order chi connectivity index (χ0) is 68.3. The van der Waals surface area contributed by atoms with Gasteiger partial charge in [0.05, 0.1) is 62.5 Å². The number of aromatic nitrogens is 2. The van der Waals surface area contributed by atoms with Gasteiger partial charge in [-0.25, -0.2) is 20.0 Å². The van der Waals surface area contributed by atoms with Gasteiger partial charge in [-0.3, -0.25) is 28.8 Å². The maximum atomic E-state index is 14.1.